The van der Waals surface area contributed by atoms with Gasteiger partial charge in [-0.15, -0.1) is 10.2 Å². The molecule has 1 heterocycles. The van der Waals surface area contributed by atoms with Gasteiger partial charge in [-0.05, 0) is 30.0 Å². The lowest BCUT2D eigenvalue weighted by Gasteiger charge is -2.19. The van der Waals surface area contributed by atoms with Gasteiger partial charge in [0.2, 0.25) is 0 Å². The van der Waals surface area contributed by atoms with E-state index in [0.29, 0.717) is 33.8 Å². The van der Waals surface area contributed by atoms with Crippen molar-refractivity contribution in [1.82, 2.24) is 20.2 Å². The van der Waals surface area contributed by atoms with Crippen LogP contribution in [0.1, 0.15) is 37.5 Å². The third-order valence-corrected chi connectivity index (χ3v) is 7.33. The number of nitrogens with one attached hydrogen (secondary N) is 1. The number of carbonyl (C=O) groups is 1. The second-order valence-electron chi connectivity index (χ2n) is 10.3. The van der Waals surface area contributed by atoms with Gasteiger partial charge in [0.1, 0.15) is 17.2 Å². The second kappa shape index (κ2) is 12.9. The number of thioether (sulfide) groups is 1. The predicted octanol–water partition coefficient (Wildman–Crippen LogP) is 5.81. The third-order valence-electron chi connectivity index (χ3n) is 6.40. The number of benzene rings is 3. The molecule has 0 atom stereocenters. The summed E-state index contributed by atoms with van der Waals surface area (Å²) in [6.45, 7) is 8.60. The van der Waals surface area contributed by atoms with Gasteiger partial charge in [-0.25, -0.2) is 5.43 Å². The number of aryl methyl sites for hydroxylation is 1. The zero-order valence-corrected chi connectivity index (χ0v) is 25.2. The lowest BCUT2D eigenvalue weighted by Crippen LogP contribution is -2.20. The smallest absolute Gasteiger partial charge is 0.250 e. The summed E-state index contributed by atoms with van der Waals surface area (Å²) in [5, 5.41) is 13.7. The molecule has 1 N–H and O–H groups in total. The van der Waals surface area contributed by atoms with Crippen molar-refractivity contribution in [2.24, 2.45) is 5.10 Å². The monoisotopic (exact) mass is 573 g/mol. The number of hydrazone groups is 1. The highest BCUT2D eigenvalue weighted by Gasteiger charge is 2.19. The standard InChI is InChI=1S/C31H35N5O4S/c1-20-8-14-23(15-9-20)36-29(21-10-12-22(13-11-21)31(2,3)4)34-35-30(36)41-19-28(37)33-32-18-25-26(39-6)16-24(38-5)17-27(25)40-7/h8-18H,19H2,1-7H3,(H,33,37). The molecule has 0 fully saturated rings. The maximum Gasteiger partial charge on any atom is 0.250 e. The molecular formula is C31H35N5O4S. The van der Waals surface area contributed by atoms with Gasteiger partial charge in [-0.1, -0.05) is 74.5 Å². The molecule has 0 saturated carbocycles. The van der Waals surface area contributed by atoms with E-state index in [1.54, 1.807) is 19.2 Å². The molecule has 0 aliphatic rings. The summed E-state index contributed by atoms with van der Waals surface area (Å²) in [5.74, 6) is 2.08. The SMILES string of the molecule is COc1cc(OC)c(C=NNC(=O)CSc2nnc(-c3ccc(C(C)(C)C)cc3)n2-c2ccc(C)cc2)c(OC)c1. The molecule has 10 heteroatoms. The Labute approximate surface area is 244 Å². The van der Waals surface area contributed by atoms with E-state index in [1.807, 2.05) is 35.8 Å². The molecule has 214 valence electrons. The highest BCUT2D eigenvalue weighted by atomic mass is 32.2. The summed E-state index contributed by atoms with van der Waals surface area (Å²) >= 11 is 1.28. The van der Waals surface area contributed by atoms with Crippen LogP contribution in [0.25, 0.3) is 17.1 Å². The van der Waals surface area contributed by atoms with Crippen LogP contribution in [0.3, 0.4) is 0 Å². The van der Waals surface area contributed by atoms with Crippen LogP contribution in [0.5, 0.6) is 17.2 Å². The van der Waals surface area contributed by atoms with E-state index in [2.05, 4.69) is 65.8 Å². The Bertz CT molecular complexity index is 1500. The Morgan fingerprint density at radius 2 is 1.59 bits per heavy atom. The number of methoxy groups -OCH3 is 3. The number of nitrogens with zero attached hydrogens (tertiary/aromatic N) is 4. The first-order valence-corrected chi connectivity index (χ1v) is 14.0. The van der Waals surface area contributed by atoms with Gasteiger partial charge in [0.25, 0.3) is 5.91 Å². The van der Waals surface area contributed by atoms with Gasteiger partial charge in [-0.2, -0.15) is 5.10 Å². The first-order valence-electron chi connectivity index (χ1n) is 13.0. The van der Waals surface area contributed by atoms with Gasteiger partial charge in [0, 0.05) is 23.4 Å². The maximum absolute atomic E-state index is 12.7. The Balaban J connectivity index is 1.53. The molecule has 0 aliphatic carbocycles. The number of hydrogen-bond acceptors (Lipinski definition) is 8. The molecule has 0 spiro atoms. The van der Waals surface area contributed by atoms with Crippen LogP contribution in [0, 0.1) is 6.92 Å². The number of carbonyl (C=O) groups excluding carboxylic acids is 1. The van der Waals surface area contributed by atoms with Crippen LogP contribution >= 0.6 is 11.8 Å². The van der Waals surface area contributed by atoms with Gasteiger partial charge in [0.05, 0.1) is 38.9 Å². The summed E-state index contributed by atoms with van der Waals surface area (Å²) in [7, 11) is 4.64. The van der Waals surface area contributed by atoms with Crippen molar-refractivity contribution in [2.75, 3.05) is 27.1 Å². The molecule has 4 rings (SSSR count). The van der Waals surface area contributed by atoms with Crippen LogP contribution in [0.15, 0.2) is 70.9 Å². The van der Waals surface area contributed by atoms with Crippen LogP contribution in [0.4, 0.5) is 0 Å². The minimum Gasteiger partial charge on any atom is -0.496 e. The molecule has 0 radical (unpaired) electrons. The minimum atomic E-state index is -0.299. The first-order chi connectivity index (χ1) is 19.6. The van der Waals surface area contributed by atoms with E-state index in [1.165, 1.54) is 37.8 Å². The van der Waals surface area contributed by atoms with Crippen molar-refractivity contribution in [2.45, 2.75) is 38.3 Å². The van der Waals surface area contributed by atoms with Crippen molar-refractivity contribution in [3.05, 3.63) is 77.4 Å². The van der Waals surface area contributed by atoms with E-state index >= 15 is 0 Å². The van der Waals surface area contributed by atoms with Crippen LogP contribution in [0.2, 0.25) is 0 Å². The van der Waals surface area contributed by atoms with Gasteiger partial charge < -0.3 is 14.2 Å². The topological polar surface area (TPSA) is 99.9 Å². The first kappa shape index (κ1) is 29.7. The molecule has 0 saturated heterocycles. The average molecular weight is 574 g/mol. The number of aromatic nitrogens is 3. The lowest BCUT2D eigenvalue weighted by atomic mass is 9.87. The maximum atomic E-state index is 12.7. The van der Waals surface area contributed by atoms with Crippen LogP contribution in [-0.2, 0) is 10.2 Å². The summed E-state index contributed by atoms with van der Waals surface area (Å²) in [6.07, 6.45) is 1.48. The summed E-state index contributed by atoms with van der Waals surface area (Å²) < 4.78 is 18.1. The molecule has 1 aromatic heterocycles. The Hall–Kier alpha value is -4.31. The van der Waals surface area contributed by atoms with E-state index in [4.69, 9.17) is 14.2 Å². The molecule has 0 bridgehead atoms. The molecule has 3 aromatic carbocycles. The molecule has 1 amide bonds. The Kier molecular flexibility index (Phi) is 9.34. The molecular weight excluding hydrogens is 538 g/mol. The predicted molar refractivity (Wildman–Crippen MR) is 163 cm³/mol. The van der Waals surface area contributed by atoms with E-state index in [9.17, 15) is 4.79 Å². The second-order valence-corrected chi connectivity index (χ2v) is 11.3. The molecule has 0 aliphatic heterocycles. The highest BCUT2D eigenvalue weighted by molar-refractivity contribution is 7.99. The minimum absolute atomic E-state index is 0.0453. The fourth-order valence-electron chi connectivity index (χ4n) is 4.09. The average Bonchev–Trinajstić information content (AvgIpc) is 3.39. The summed E-state index contributed by atoms with van der Waals surface area (Å²) in [6, 6.07) is 19.9. The fourth-order valence-corrected chi connectivity index (χ4v) is 4.83. The molecule has 41 heavy (non-hydrogen) atoms. The van der Waals surface area contributed by atoms with Gasteiger partial charge >= 0.3 is 0 Å². The Morgan fingerprint density at radius 1 is 0.951 bits per heavy atom. The van der Waals surface area contributed by atoms with Gasteiger partial charge in [0.15, 0.2) is 11.0 Å². The molecule has 4 aromatic rings. The normalized spacial score (nSPS) is 11.5. The van der Waals surface area contributed by atoms with E-state index in [0.717, 1.165) is 16.8 Å². The fraction of sp³-hybridized carbons (Fsp3) is 0.290. The number of rotatable bonds is 10. The molecule has 9 nitrogen and oxygen atoms in total. The highest BCUT2D eigenvalue weighted by Crippen LogP contribution is 2.33. The van der Waals surface area contributed by atoms with Crippen LogP contribution < -0.4 is 19.6 Å². The third kappa shape index (κ3) is 7.07. The zero-order chi connectivity index (χ0) is 29.6. The van der Waals surface area contributed by atoms with Crippen molar-refractivity contribution >= 4 is 23.9 Å². The van der Waals surface area contributed by atoms with Gasteiger partial charge in [-0.3, -0.25) is 9.36 Å². The Morgan fingerprint density at radius 3 is 2.15 bits per heavy atom. The van der Waals surface area contributed by atoms with E-state index in [-0.39, 0.29) is 17.1 Å². The van der Waals surface area contributed by atoms with Crippen molar-refractivity contribution in [3.63, 3.8) is 0 Å². The van der Waals surface area contributed by atoms with Crippen LogP contribution in [-0.4, -0.2) is 54.0 Å². The quantitative estimate of drug-likeness (QED) is 0.145. The van der Waals surface area contributed by atoms with E-state index < -0.39 is 0 Å². The zero-order valence-electron chi connectivity index (χ0n) is 24.4. The van der Waals surface area contributed by atoms with Crippen molar-refractivity contribution < 1.29 is 19.0 Å². The lowest BCUT2D eigenvalue weighted by molar-refractivity contribution is -0.118. The van der Waals surface area contributed by atoms with Crippen molar-refractivity contribution in [1.29, 1.82) is 0 Å². The number of amides is 1. The van der Waals surface area contributed by atoms with Crippen molar-refractivity contribution in [3.8, 4) is 34.3 Å². The molecule has 0 unspecified atom stereocenters. The number of hydrogen-bond donors (Lipinski definition) is 1. The largest absolute Gasteiger partial charge is 0.496 e. The summed E-state index contributed by atoms with van der Waals surface area (Å²) in [4.78, 5) is 12.7. The number of ether oxygens (including phenoxy) is 3. The summed E-state index contributed by atoms with van der Waals surface area (Å²) in [5.41, 5.74) is 7.42.